The second-order valence-electron chi connectivity index (χ2n) is 3.83. The van der Waals surface area contributed by atoms with Crippen molar-refractivity contribution in [1.82, 2.24) is 9.36 Å². The molecular weight excluding hydrogens is 264 g/mol. The van der Waals surface area contributed by atoms with Gasteiger partial charge in [-0.2, -0.15) is 4.37 Å². The Labute approximate surface area is 96.2 Å². The lowest BCUT2D eigenvalue weighted by Crippen LogP contribution is -2.14. The van der Waals surface area contributed by atoms with Crippen molar-refractivity contribution in [3.05, 3.63) is 9.74 Å². The van der Waals surface area contributed by atoms with Gasteiger partial charge in [-0.05, 0) is 47.2 Å². The van der Waals surface area contributed by atoms with Crippen LogP contribution in [0.15, 0.2) is 4.73 Å². The van der Waals surface area contributed by atoms with Gasteiger partial charge in [0.05, 0.1) is 12.2 Å². The van der Waals surface area contributed by atoms with Crippen LogP contribution in [0.4, 0.5) is 0 Å². The van der Waals surface area contributed by atoms with Crippen LogP contribution >= 0.6 is 27.5 Å². The van der Waals surface area contributed by atoms with Gasteiger partial charge in [0.15, 0.2) is 0 Å². The van der Waals surface area contributed by atoms with E-state index in [-0.39, 0.29) is 6.10 Å². The van der Waals surface area contributed by atoms with Crippen LogP contribution in [0.3, 0.4) is 0 Å². The molecule has 78 valence electrons. The van der Waals surface area contributed by atoms with Crippen LogP contribution in [-0.4, -0.2) is 21.6 Å². The van der Waals surface area contributed by atoms with Crippen molar-refractivity contribution in [3.8, 4) is 0 Å². The van der Waals surface area contributed by atoms with Gasteiger partial charge in [0, 0.05) is 5.92 Å². The molecule has 1 aromatic heterocycles. The molecule has 5 heteroatoms. The Kier molecular flexibility index (Phi) is 2.91. The average molecular weight is 277 g/mol. The number of halogens is 1. The van der Waals surface area contributed by atoms with E-state index in [2.05, 4.69) is 46.1 Å². The molecule has 0 aliphatic carbocycles. The molecule has 0 saturated carbocycles. The van der Waals surface area contributed by atoms with E-state index in [1.807, 2.05) is 0 Å². The average Bonchev–Trinajstić information content (AvgIpc) is 2.60. The molecule has 1 aliphatic heterocycles. The standard InChI is InChI=1S/C9H13BrN2OS/c1-4-5(2)13-6(3)7(4)8-11-9(10)12-14-8/h4-7H,1-3H3. The zero-order valence-electron chi connectivity index (χ0n) is 8.40. The fourth-order valence-electron chi connectivity index (χ4n) is 2.04. The highest BCUT2D eigenvalue weighted by Crippen LogP contribution is 2.40. The molecule has 4 unspecified atom stereocenters. The number of hydrogen-bond acceptors (Lipinski definition) is 4. The minimum absolute atomic E-state index is 0.250. The lowest BCUT2D eigenvalue weighted by atomic mass is 9.90. The third-order valence-electron chi connectivity index (χ3n) is 2.94. The highest BCUT2D eigenvalue weighted by molar-refractivity contribution is 9.10. The summed E-state index contributed by atoms with van der Waals surface area (Å²) in [5.41, 5.74) is 0. The van der Waals surface area contributed by atoms with Crippen LogP contribution < -0.4 is 0 Å². The minimum atomic E-state index is 0.250. The molecule has 1 aromatic rings. The molecule has 0 spiro atoms. The maximum Gasteiger partial charge on any atom is 0.209 e. The van der Waals surface area contributed by atoms with Crippen molar-refractivity contribution in [1.29, 1.82) is 0 Å². The Morgan fingerprint density at radius 1 is 1.29 bits per heavy atom. The monoisotopic (exact) mass is 276 g/mol. The number of aromatic nitrogens is 2. The first kappa shape index (κ1) is 10.5. The molecule has 1 saturated heterocycles. The lowest BCUT2D eigenvalue weighted by molar-refractivity contribution is 0.0557. The van der Waals surface area contributed by atoms with E-state index in [9.17, 15) is 0 Å². The predicted octanol–water partition coefficient (Wildman–Crippen LogP) is 2.83. The molecule has 1 fully saturated rings. The molecule has 0 radical (unpaired) electrons. The lowest BCUT2D eigenvalue weighted by Gasteiger charge is -2.14. The number of ether oxygens (including phenoxy) is 1. The highest BCUT2D eigenvalue weighted by atomic mass is 79.9. The van der Waals surface area contributed by atoms with E-state index in [0.29, 0.717) is 22.7 Å². The van der Waals surface area contributed by atoms with Gasteiger partial charge in [0.1, 0.15) is 5.01 Å². The van der Waals surface area contributed by atoms with Gasteiger partial charge in [-0.1, -0.05) is 6.92 Å². The van der Waals surface area contributed by atoms with E-state index >= 15 is 0 Å². The Morgan fingerprint density at radius 3 is 2.43 bits per heavy atom. The second-order valence-corrected chi connectivity index (χ2v) is 5.33. The quantitative estimate of drug-likeness (QED) is 0.791. The van der Waals surface area contributed by atoms with Crippen LogP contribution in [0.2, 0.25) is 0 Å². The first-order chi connectivity index (χ1) is 6.59. The van der Waals surface area contributed by atoms with Gasteiger partial charge in [-0.25, -0.2) is 4.98 Å². The molecule has 0 amide bonds. The molecule has 2 heterocycles. The summed E-state index contributed by atoms with van der Waals surface area (Å²) in [7, 11) is 0. The fourth-order valence-corrected chi connectivity index (χ4v) is 3.43. The van der Waals surface area contributed by atoms with Crippen molar-refractivity contribution >= 4 is 27.5 Å². The van der Waals surface area contributed by atoms with Crippen molar-refractivity contribution in [2.75, 3.05) is 0 Å². The van der Waals surface area contributed by atoms with Crippen molar-refractivity contribution in [2.45, 2.75) is 38.9 Å². The normalized spacial score (nSPS) is 37.7. The first-order valence-electron chi connectivity index (χ1n) is 4.74. The Hall–Kier alpha value is -0.0000000000000000278. The summed E-state index contributed by atoms with van der Waals surface area (Å²) >= 11 is 4.75. The zero-order valence-corrected chi connectivity index (χ0v) is 10.8. The van der Waals surface area contributed by atoms with Crippen LogP contribution in [0, 0.1) is 5.92 Å². The molecule has 0 N–H and O–H groups in total. The fraction of sp³-hybridized carbons (Fsp3) is 0.778. The summed E-state index contributed by atoms with van der Waals surface area (Å²) in [5.74, 6) is 0.915. The summed E-state index contributed by atoms with van der Waals surface area (Å²) in [6.07, 6.45) is 0.567. The summed E-state index contributed by atoms with van der Waals surface area (Å²) < 4.78 is 10.6. The molecule has 0 aromatic carbocycles. The third kappa shape index (κ3) is 1.73. The maximum absolute atomic E-state index is 5.77. The zero-order chi connectivity index (χ0) is 10.3. The molecule has 14 heavy (non-hydrogen) atoms. The highest BCUT2D eigenvalue weighted by Gasteiger charge is 2.39. The summed E-state index contributed by atoms with van der Waals surface area (Å²) in [6, 6.07) is 0. The van der Waals surface area contributed by atoms with E-state index in [1.165, 1.54) is 11.5 Å². The van der Waals surface area contributed by atoms with Gasteiger partial charge in [-0.3, -0.25) is 0 Å². The molecule has 4 atom stereocenters. The summed E-state index contributed by atoms with van der Waals surface area (Å²) in [5, 5.41) is 1.08. The maximum atomic E-state index is 5.77. The Morgan fingerprint density at radius 2 is 2.00 bits per heavy atom. The molecule has 1 aliphatic rings. The predicted molar refractivity (Wildman–Crippen MR) is 59.5 cm³/mol. The first-order valence-corrected chi connectivity index (χ1v) is 6.31. The van der Waals surface area contributed by atoms with Crippen LogP contribution in [-0.2, 0) is 4.74 Å². The van der Waals surface area contributed by atoms with Gasteiger partial charge in [-0.15, -0.1) is 0 Å². The molecule has 2 rings (SSSR count). The van der Waals surface area contributed by atoms with Crippen molar-refractivity contribution in [2.24, 2.45) is 5.92 Å². The van der Waals surface area contributed by atoms with Gasteiger partial charge < -0.3 is 4.74 Å². The van der Waals surface area contributed by atoms with Crippen LogP contribution in [0.25, 0.3) is 0 Å². The largest absolute Gasteiger partial charge is 0.375 e. The van der Waals surface area contributed by atoms with Gasteiger partial charge in [0.2, 0.25) is 4.73 Å². The van der Waals surface area contributed by atoms with Crippen molar-refractivity contribution in [3.63, 3.8) is 0 Å². The summed E-state index contributed by atoms with van der Waals surface area (Å²) in [4.78, 5) is 4.37. The molecule has 3 nitrogen and oxygen atoms in total. The molecule has 0 bridgehead atoms. The topological polar surface area (TPSA) is 35.0 Å². The van der Waals surface area contributed by atoms with E-state index in [0.717, 1.165) is 5.01 Å². The second kappa shape index (κ2) is 3.87. The SMILES string of the molecule is CC1OC(C)C(c2nc(Br)ns2)C1C. The smallest absolute Gasteiger partial charge is 0.209 e. The Bertz CT molecular complexity index is 330. The molecular formula is C9H13BrN2OS. The van der Waals surface area contributed by atoms with E-state index < -0.39 is 0 Å². The number of rotatable bonds is 1. The summed E-state index contributed by atoms with van der Waals surface area (Å²) in [6.45, 7) is 6.45. The van der Waals surface area contributed by atoms with Gasteiger partial charge in [0.25, 0.3) is 0 Å². The van der Waals surface area contributed by atoms with Crippen molar-refractivity contribution < 1.29 is 4.74 Å². The van der Waals surface area contributed by atoms with E-state index in [1.54, 1.807) is 0 Å². The van der Waals surface area contributed by atoms with Crippen LogP contribution in [0.1, 0.15) is 31.7 Å². The third-order valence-corrected chi connectivity index (χ3v) is 4.35. The Balaban J connectivity index is 2.25. The minimum Gasteiger partial charge on any atom is -0.375 e. The van der Waals surface area contributed by atoms with Crippen LogP contribution in [0.5, 0.6) is 0 Å². The number of hydrogen-bond donors (Lipinski definition) is 0. The number of nitrogens with zero attached hydrogens (tertiary/aromatic N) is 2. The van der Waals surface area contributed by atoms with Gasteiger partial charge >= 0.3 is 0 Å². The van der Waals surface area contributed by atoms with E-state index in [4.69, 9.17) is 4.74 Å².